The Bertz CT molecular complexity index is 461. The van der Waals surface area contributed by atoms with Crippen molar-refractivity contribution in [2.45, 2.75) is 44.9 Å². The molecule has 1 aromatic rings. The highest BCUT2D eigenvalue weighted by molar-refractivity contribution is 6.00. The molecule has 18 heavy (non-hydrogen) atoms. The summed E-state index contributed by atoms with van der Waals surface area (Å²) in [7, 11) is 1.98. The number of carbonyl (C=O) groups excluding carboxylic acids is 1. The number of Topliss-reactive ketones (excluding diaryl/α,β-unsaturated/α-hetero) is 1. The van der Waals surface area contributed by atoms with Gasteiger partial charge in [-0.2, -0.15) is 0 Å². The van der Waals surface area contributed by atoms with E-state index in [-0.39, 0.29) is 0 Å². The third-order valence-corrected chi connectivity index (χ3v) is 4.42. The second-order valence-electron chi connectivity index (χ2n) is 5.73. The van der Waals surface area contributed by atoms with Crippen LogP contribution in [0.1, 0.15) is 53.0 Å². The van der Waals surface area contributed by atoms with Crippen LogP contribution >= 0.6 is 0 Å². The van der Waals surface area contributed by atoms with Crippen LogP contribution in [0.5, 0.6) is 0 Å². The van der Waals surface area contributed by atoms with E-state index in [2.05, 4.69) is 10.3 Å². The number of rotatable bonds is 3. The lowest BCUT2D eigenvalue weighted by molar-refractivity contribution is 0.0945. The topological polar surface area (TPSA) is 44.9 Å². The molecule has 1 atom stereocenters. The molecule has 3 rings (SSSR count). The Hall–Kier alpha value is -1.09. The summed E-state index contributed by atoms with van der Waals surface area (Å²) in [6.45, 7) is 1.01. The number of nitrogens with one attached hydrogen (secondary N) is 2. The molecule has 1 heterocycles. The fourth-order valence-electron chi connectivity index (χ4n) is 3.51. The molecule has 0 aliphatic heterocycles. The number of aromatic nitrogens is 1. The van der Waals surface area contributed by atoms with E-state index in [4.69, 9.17) is 0 Å². The smallest absolute Gasteiger partial charge is 0.165 e. The first kappa shape index (κ1) is 12.0. The monoisotopic (exact) mass is 246 g/mol. The zero-order valence-electron chi connectivity index (χ0n) is 11.1. The lowest BCUT2D eigenvalue weighted by atomic mass is 9.82. The van der Waals surface area contributed by atoms with Crippen molar-refractivity contribution in [3.05, 3.63) is 22.5 Å². The molecule has 3 nitrogen and oxygen atoms in total. The molecule has 0 bridgehead atoms. The van der Waals surface area contributed by atoms with Crippen LogP contribution in [0.15, 0.2) is 0 Å². The van der Waals surface area contributed by atoms with Crippen LogP contribution in [0, 0.1) is 5.92 Å². The lowest BCUT2D eigenvalue weighted by Gasteiger charge is -2.22. The van der Waals surface area contributed by atoms with Crippen LogP contribution in [-0.4, -0.2) is 24.4 Å². The molecule has 2 aliphatic carbocycles. The van der Waals surface area contributed by atoms with E-state index < -0.39 is 0 Å². The third kappa shape index (κ3) is 2.01. The van der Waals surface area contributed by atoms with Gasteiger partial charge >= 0.3 is 0 Å². The fraction of sp³-hybridized carbons (Fsp3) is 0.667. The third-order valence-electron chi connectivity index (χ3n) is 4.42. The molecule has 0 amide bonds. The summed E-state index contributed by atoms with van der Waals surface area (Å²) in [5.41, 5.74) is 5.02. The van der Waals surface area contributed by atoms with Crippen LogP contribution in [0.3, 0.4) is 0 Å². The highest BCUT2D eigenvalue weighted by Crippen LogP contribution is 2.34. The van der Waals surface area contributed by atoms with Crippen molar-refractivity contribution in [1.29, 1.82) is 0 Å². The van der Waals surface area contributed by atoms with Gasteiger partial charge in [-0.05, 0) is 63.6 Å². The fourth-order valence-corrected chi connectivity index (χ4v) is 3.51. The number of ketones is 1. The van der Waals surface area contributed by atoms with Crippen molar-refractivity contribution in [3.63, 3.8) is 0 Å². The van der Waals surface area contributed by atoms with Crippen LogP contribution in [0.2, 0.25) is 0 Å². The van der Waals surface area contributed by atoms with E-state index in [1.807, 2.05) is 7.05 Å². The van der Waals surface area contributed by atoms with E-state index in [9.17, 15) is 4.79 Å². The number of hydrogen-bond donors (Lipinski definition) is 2. The number of carbonyl (C=O) groups is 1. The first-order valence-electron chi connectivity index (χ1n) is 7.20. The summed E-state index contributed by atoms with van der Waals surface area (Å²) in [6.07, 6.45) is 7.67. The van der Waals surface area contributed by atoms with E-state index in [0.717, 1.165) is 44.2 Å². The zero-order valence-corrected chi connectivity index (χ0v) is 11.1. The van der Waals surface area contributed by atoms with Gasteiger partial charge in [0.15, 0.2) is 5.78 Å². The maximum Gasteiger partial charge on any atom is 0.165 e. The average Bonchev–Trinajstić information content (AvgIpc) is 2.74. The van der Waals surface area contributed by atoms with Crippen molar-refractivity contribution in [2.75, 3.05) is 13.6 Å². The Kier molecular flexibility index (Phi) is 3.25. The quantitative estimate of drug-likeness (QED) is 0.859. The summed E-state index contributed by atoms with van der Waals surface area (Å²) in [4.78, 5) is 15.9. The predicted octanol–water partition coefficient (Wildman–Crippen LogP) is 2.25. The Morgan fingerprint density at radius 3 is 2.89 bits per heavy atom. The summed E-state index contributed by atoms with van der Waals surface area (Å²) >= 11 is 0. The Labute approximate surface area is 108 Å². The van der Waals surface area contributed by atoms with Crippen molar-refractivity contribution in [1.82, 2.24) is 10.3 Å². The molecule has 2 N–H and O–H groups in total. The van der Waals surface area contributed by atoms with E-state index in [1.165, 1.54) is 29.8 Å². The normalized spacial score (nSPS) is 22.7. The molecule has 0 spiro atoms. The van der Waals surface area contributed by atoms with Gasteiger partial charge in [-0.15, -0.1) is 0 Å². The van der Waals surface area contributed by atoms with E-state index in [0.29, 0.717) is 11.7 Å². The summed E-state index contributed by atoms with van der Waals surface area (Å²) in [5.74, 6) is 0.911. The molecule has 0 aromatic carbocycles. The van der Waals surface area contributed by atoms with Gasteiger partial charge in [0.1, 0.15) is 0 Å². The van der Waals surface area contributed by atoms with Crippen LogP contribution in [0.25, 0.3) is 0 Å². The molecule has 0 saturated carbocycles. The molecule has 98 valence electrons. The van der Waals surface area contributed by atoms with Gasteiger partial charge in [0, 0.05) is 23.4 Å². The minimum Gasteiger partial charge on any atom is -0.361 e. The molecule has 0 saturated heterocycles. The molecule has 2 aliphatic rings. The average molecular weight is 246 g/mol. The van der Waals surface area contributed by atoms with Crippen molar-refractivity contribution in [3.8, 4) is 0 Å². The standard InChI is InChI=1S/C15H22N2O/c1-16-7-6-10-8-13-15(14(18)9-10)11-4-2-3-5-12(11)17-13/h10,16-17H,2-9H2,1H3. The van der Waals surface area contributed by atoms with Crippen LogP contribution in [0.4, 0.5) is 0 Å². The van der Waals surface area contributed by atoms with Gasteiger partial charge in [-0.1, -0.05) is 0 Å². The number of aryl methyl sites for hydroxylation is 1. The molecular formula is C15H22N2O. The largest absolute Gasteiger partial charge is 0.361 e. The van der Waals surface area contributed by atoms with Gasteiger partial charge in [-0.3, -0.25) is 4.79 Å². The Balaban J connectivity index is 1.86. The highest BCUT2D eigenvalue weighted by atomic mass is 16.1. The van der Waals surface area contributed by atoms with Gasteiger partial charge in [0.25, 0.3) is 0 Å². The van der Waals surface area contributed by atoms with Crippen LogP contribution in [-0.2, 0) is 19.3 Å². The minimum absolute atomic E-state index is 0.386. The summed E-state index contributed by atoms with van der Waals surface area (Å²) < 4.78 is 0. The number of H-pyrrole nitrogens is 1. The lowest BCUT2D eigenvalue weighted by Crippen LogP contribution is -2.23. The summed E-state index contributed by atoms with van der Waals surface area (Å²) in [5, 5.41) is 3.18. The predicted molar refractivity (Wildman–Crippen MR) is 72.1 cm³/mol. The zero-order chi connectivity index (χ0) is 12.5. The molecular weight excluding hydrogens is 224 g/mol. The van der Waals surface area contributed by atoms with E-state index in [1.54, 1.807) is 0 Å². The van der Waals surface area contributed by atoms with E-state index >= 15 is 0 Å². The molecule has 3 heteroatoms. The van der Waals surface area contributed by atoms with Crippen molar-refractivity contribution < 1.29 is 4.79 Å². The molecule has 1 unspecified atom stereocenters. The molecule has 0 radical (unpaired) electrons. The van der Waals surface area contributed by atoms with Crippen molar-refractivity contribution in [2.24, 2.45) is 5.92 Å². The second kappa shape index (κ2) is 4.88. The Morgan fingerprint density at radius 1 is 1.22 bits per heavy atom. The summed E-state index contributed by atoms with van der Waals surface area (Å²) in [6, 6.07) is 0. The number of hydrogen-bond acceptors (Lipinski definition) is 2. The van der Waals surface area contributed by atoms with Gasteiger partial charge < -0.3 is 10.3 Å². The maximum atomic E-state index is 12.4. The highest BCUT2D eigenvalue weighted by Gasteiger charge is 2.31. The van der Waals surface area contributed by atoms with Gasteiger partial charge in [0.05, 0.1) is 0 Å². The number of aromatic amines is 1. The molecule has 0 fully saturated rings. The van der Waals surface area contributed by atoms with Crippen LogP contribution < -0.4 is 5.32 Å². The second-order valence-corrected chi connectivity index (χ2v) is 5.73. The van der Waals surface area contributed by atoms with Gasteiger partial charge in [0.2, 0.25) is 0 Å². The molecule has 1 aromatic heterocycles. The maximum absolute atomic E-state index is 12.4. The first-order valence-corrected chi connectivity index (χ1v) is 7.20. The number of fused-ring (bicyclic) bond motifs is 3. The van der Waals surface area contributed by atoms with Gasteiger partial charge in [-0.25, -0.2) is 0 Å². The SMILES string of the molecule is CNCCC1CC(=O)c2c([nH]c3c2CCCC3)C1. The first-order chi connectivity index (χ1) is 8.79. The Morgan fingerprint density at radius 2 is 2.06 bits per heavy atom. The minimum atomic E-state index is 0.386. The van der Waals surface area contributed by atoms with Crippen molar-refractivity contribution >= 4 is 5.78 Å².